The van der Waals surface area contributed by atoms with Gasteiger partial charge in [-0.15, -0.1) is 22.7 Å². The second-order valence-electron chi connectivity index (χ2n) is 6.38. The molecule has 1 aromatic carbocycles. The number of hydrazone groups is 1. The molecular formula is C21H17FN2O4S2. The topological polar surface area (TPSA) is 68.2 Å². The molecule has 0 N–H and O–H groups in total. The molecule has 0 fully saturated rings. The van der Waals surface area contributed by atoms with Crippen LogP contribution < -0.4 is 4.74 Å². The summed E-state index contributed by atoms with van der Waals surface area (Å²) in [5.41, 5.74) is 0.825. The number of carbonyl (C=O) groups excluding carboxylic acids is 2. The molecule has 1 amide bonds. The maximum atomic E-state index is 13.5. The average molecular weight is 445 g/mol. The van der Waals surface area contributed by atoms with Crippen LogP contribution in [0.4, 0.5) is 4.39 Å². The number of esters is 1. The number of halogens is 1. The smallest absolute Gasteiger partial charge is 0.344 e. The van der Waals surface area contributed by atoms with Crippen molar-refractivity contribution >= 4 is 40.3 Å². The molecule has 0 radical (unpaired) electrons. The molecule has 1 aliphatic rings. The Labute approximate surface area is 180 Å². The molecule has 6 nitrogen and oxygen atoms in total. The fourth-order valence-electron chi connectivity index (χ4n) is 2.98. The van der Waals surface area contributed by atoms with E-state index in [2.05, 4.69) is 5.10 Å². The number of rotatable bonds is 7. The molecule has 4 rings (SSSR count). The molecule has 0 bridgehead atoms. The van der Waals surface area contributed by atoms with Crippen LogP contribution in [0.15, 0.2) is 64.4 Å². The number of para-hydroxylation sites is 1. The number of benzene rings is 1. The van der Waals surface area contributed by atoms with E-state index < -0.39 is 30.9 Å². The van der Waals surface area contributed by atoms with Crippen molar-refractivity contribution in [3.05, 3.63) is 74.9 Å². The molecule has 0 saturated carbocycles. The van der Waals surface area contributed by atoms with Gasteiger partial charge in [-0.1, -0.05) is 24.3 Å². The quantitative estimate of drug-likeness (QED) is 0.511. The van der Waals surface area contributed by atoms with Crippen molar-refractivity contribution in [1.82, 2.24) is 5.01 Å². The molecule has 1 aliphatic heterocycles. The summed E-state index contributed by atoms with van der Waals surface area (Å²) >= 11 is 3.10. The zero-order chi connectivity index (χ0) is 20.9. The predicted molar refractivity (Wildman–Crippen MR) is 112 cm³/mol. The molecule has 154 valence electrons. The van der Waals surface area contributed by atoms with E-state index in [4.69, 9.17) is 9.47 Å². The lowest BCUT2D eigenvalue weighted by Crippen LogP contribution is -2.31. The number of ether oxygens (including phenoxy) is 2. The standard InChI is InChI=1S/C21H17FN2O4S2/c22-14-5-1-2-6-17(14)27-13-21(26)28-12-20(25)24-16(19-8-4-10-30-19)11-15(23-24)18-7-3-9-29-18/h1-10,16H,11-13H2. The van der Waals surface area contributed by atoms with E-state index >= 15 is 0 Å². The minimum atomic E-state index is -0.763. The first kappa shape index (κ1) is 20.2. The van der Waals surface area contributed by atoms with Crippen LogP contribution in [0.5, 0.6) is 5.75 Å². The number of thiophene rings is 2. The van der Waals surface area contributed by atoms with Gasteiger partial charge in [0.1, 0.15) is 0 Å². The highest BCUT2D eigenvalue weighted by Crippen LogP contribution is 2.35. The summed E-state index contributed by atoms with van der Waals surface area (Å²) in [5.74, 6) is -1.82. The Morgan fingerprint density at radius 1 is 1.07 bits per heavy atom. The average Bonchev–Trinajstić information content (AvgIpc) is 3.51. The third-order valence-corrected chi connectivity index (χ3v) is 6.27. The predicted octanol–water partition coefficient (Wildman–Crippen LogP) is 4.25. The van der Waals surface area contributed by atoms with Crippen molar-refractivity contribution in [3.8, 4) is 5.75 Å². The Morgan fingerprint density at radius 2 is 1.87 bits per heavy atom. The minimum absolute atomic E-state index is 0.0525. The normalized spacial score (nSPS) is 15.7. The molecule has 0 spiro atoms. The first-order valence-corrected chi connectivity index (χ1v) is 10.9. The summed E-state index contributed by atoms with van der Waals surface area (Å²) in [6, 6.07) is 13.3. The van der Waals surface area contributed by atoms with Gasteiger partial charge in [-0.3, -0.25) is 4.79 Å². The SMILES string of the molecule is O=C(COc1ccccc1F)OCC(=O)N1N=C(c2cccs2)CC1c1cccs1. The highest BCUT2D eigenvalue weighted by molar-refractivity contribution is 7.12. The first-order valence-electron chi connectivity index (χ1n) is 9.11. The van der Waals surface area contributed by atoms with Gasteiger partial charge < -0.3 is 9.47 Å². The highest BCUT2D eigenvalue weighted by Gasteiger charge is 2.34. The van der Waals surface area contributed by atoms with E-state index in [9.17, 15) is 14.0 Å². The van der Waals surface area contributed by atoms with Crippen molar-refractivity contribution in [2.75, 3.05) is 13.2 Å². The lowest BCUT2D eigenvalue weighted by molar-refractivity contribution is -0.154. The molecule has 2 aromatic heterocycles. The highest BCUT2D eigenvalue weighted by atomic mass is 32.1. The van der Waals surface area contributed by atoms with Gasteiger partial charge in [-0.05, 0) is 35.0 Å². The van der Waals surface area contributed by atoms with E-state index in [-0.39, 0.29) is 11.8 Å². The van der Waals surface area contributed by atoms with Gasteiger partial charge in [0.2, 0.25) is 0 Å². The van der Waals surface area contributed by atoms with Crippen LogP contribution in [0.3, 0.4) is 0 Å². The maximum absolute atomic E-state index is 13.5. The Balaban J connectivity index is 1.38. The number of amides is 1. The van der Waals surface area contributed by atoms with E-state index in [0.717, 1.165) is 15.5 Å². The van der Waals surface area contributed by atoms with Crippen molar-refractivity contribution in [3.63, 3.8) is 0 Å². The summed E-state index contributed by atoms with van der Waals surface area (Å²) in [6.07, 6.45) is 0.594. The minimum Gasteiger partial charge on any atom is -0.479 e. The number of hydrogen-bond acceptors (Lipinski definition) is 7. The molecular weight excluding hydrogens is 427 g/mol. The fraction of sp³-hybridized carbons (Fsp3) is 0.190. The lowest BCUT2D eigenvalue weighted by Gasteiger charge is -2.20. The number of carbonyl (C=O) groups is 2. The zero-order valence-electron chi connectivity index (χ0n) is 15.7. The fourth-order valence-corrected chi connectivity index (χ4v) is 4.52. The molecule has 1 atom stereocenters. The van der Waals surface area contributed by atoms with Gasteiger partial charge in [-0.25, -0.2) is 14.2 Å². The van der Waals surface area contributed by atoms with E-state index in [1.165, 1.54) is 23.2 Å². The van der Waals surface area contributed by atoms with Gasteiger partial charge in [0.05, 0.1) is 16.6 Å². The second-order valence-corrected chi connectivity index (χ2v) is 8.30. The molecule has 9 heteroatoms. The number of hydrogen-bond donors (Lipinski definition) is 0. The largest absolute Gasteiger partial charge is 0.479 e. The van der Waals surface area contributed by atoms with Gasteiger partial charge in [0.15, 0.2) is 24.8 Å². The van der Waals surface area contributed by atoms with Crippen LogP contribution in [-0.2, 0) is 14.3 Å². The summed E-state index contributed by atoms with van der Waals surface area (Å²) in [7, 11) is 0. The summed E-state index contributed by atoms with van der Waals surface area (Å²) in [6.45, 7) is -0.963. The van der Waals surface area contributed by atoms with Crippen LogP contribution in [0, 0.1) is 5.82 Å². The molecule has 0 saturated heterocycles. The third-order valence-electron chi connectivity index (χ3n) is 4.38. The van der Waals surface area contributed by atoms with Crippen molar-refractivity contribution in [1.29, 1.82) is 0 Å². The van der Waals surface area contributed by atoms with Crippen molar-refractivity contribution in [2.45, 2.75) is 12.5 Å². The van der Waals surface area contributed by atoms with Gasteiger partial charge in [0.25, 0.3) is 5.91 Å². The second kappa shape index (κ2) is 9.19. The Hall–Kier alpha value is -3.04. The summed E-state index contributed by atoms with van der Waals surface area (Å²) in [4.78, 5) is 26.7. The molecule has 3 aromatic rings. The molecule has 30 heavy (non-hydrogen) atoms. The Bertz CT molecular complexity index is 1050. The maximum Gasteiger partial charge on any atom is 0.344 e. The van der Waals surface area contributed by atoms with E-state index in [1.54, 1.807) is 28.7 Å². The molecule has 0 aliphatic carbocycles. The van der Waals surface area contributed by atoms with Gasteiger partial charge >= 0.3 is 5.97 Å². The van der Waals surface area contributed by atoms with Crippen LogP contribution >= 0.6 is 22.7 Å². The monoisotopic (exact) mass is 444 g/mol. The van der Waals surface area contributed by atoms with Gasteiger partial charge in [-0.2, -0.15) is 5.10 Å². The molecule has 1 unspecified atom stereocenters. The Morgan fingerprint density at radius 3 is 2.60 bits per heavy atom. The van der Waals surface area contributed by atoms with Crippen LogP contribution in [0.2, 0.25) is 0 Å². The summed E-state index contributed by atoms with van der Waals surface area (Å²) < 4.78 is 23.7. The van der Waals surface area contributed by atoms with Crippen LogP contribution in [0.25, 0.3) is 0 Å². The zero-order valence-corrected chi connectivity index (χ0v) is 17.3. The van der Waals surface area contributed by atoms with E-state index in [0.29, 0.717) is 6.42 Å². The first-order chi connectivity index (χ1) is 14.6. The van der Waals surface area contributed by atoms with E-state index in [1.807, 2.05) is 35.0 Å². The number of nitrogens with zero attached hydrogens (tertiary/aromatic N) is 2. The van der Waals surface area contributed by atoms with Crippen molar-refractivity contribution in [2.24, 2.45) is 5.10 Å². The molecule has 3 heterocycles. The lowest BCUT2D eigenvalue weighted by atomic mass is 10.1. The van der Waals surface area contributed by atoms with Crippen LogP contribution in [0.1, 0.15) is 22.2 Å². The van der Waals surface area contributed by atoms with Crippen molar-refractivity contribution < 1.29 is 23.5 Å². The van der Waals surface area contributed by atoms with Crippen LogP contribution in [-0.4, -0.2) is 35.8 Å². The summed E-state index contributed by atoms with van der Waals surface area (Å²) in [5, 5.41) is 9.78. The Kier molecular flexibility index (Phi) is 6.20. The van der Waals surface area contributed by atoms with Gasteiger partial charge in [0, 0.05) is 11.3 Å². The third kappa shape index (κ3) is 4.58.